The highest BCUT2D eigenvalue weighted by molar-refractivity contribution is 7.21. The van der Waals surface area contributed by atoms with Crippen molar-refractivity contribution in [1.29, 1.82) is 0 Å². The van der Waals surface area contributed by atoms with E-state index in [4.69, 9.17) is 15.5 Å². The second-order valence-electron chi connectivity index (χ2n) is 7.64. The van der Waals surface area contributed by atoms with Gasteiger partial charge in [0.15, 0.2) is 0 Å². The first-order chi connectivity index (χ1) is 16.5. The number of hydrogen-bond donors (Lipinski definition) is 2. The van der Waals surface area contributed by atoms with E-state index < -0.39 is 0 Å². The van der Waals surface area contributed by atoms with Crippen LogP contribution in [0, 0.1) is 5.82 Å². The number of fused-ring (bicyclic) bond motifs is 1. The number of anilines is 2. The van der Waals surface area contributed by atoms with Crippen molar-refractivity contribution in [2.45, 2.75) is 0 Å². The molecule has 0 unspecified atom stereocenters. The van der Waals surface area contributed by atoms with E-state index in [1.807, 2.05) is 36.4 Å². The van der Waals surface area contributed by atoms with Gasteiger partial charge in [-0.15, -0.1) is 11.3 Å². The number of carbonyl (C=O) groups is 1. The summed E-state index contributed by atoms with van der Waals surface area (Å²) in [5.74, 6) is 0.0726. The molecule has 0 aliphatic heterocycles. The fraction of sp³-hybridized carbons (Fsp3) is 0.0370. The molecule has 34 heavy (non-hydrogen) atoms. The summed E-state index contributed by atoms with van der Waals surface area (Å²) in [6, 6.07) is 25.0. The molecule has 2 aromatic heterocycles. The Hall–Kier alpha value is -4.23. The molecule has 0 radical (unpaired) electrons. The van der Waals surface area contributed by atoms with E-state index in [-0.39, 0.29) is 11.7 Å². The van der Waals surface area contributed by atoms with Gasteiger partial charge in [0.25, 0.3) is 5.91 Å². The number of nitrogen functional groups attached to an aromatic ring is 1. The fourth-order valence-corrected chi connectivity index (χ4v) is 4.78. The maximum atomic E-state index is 13.5. The monoisotopic (exact) mass is 469 g/mol. The molecule has 1 amide bonds. The van der Waals surface area contributed by atoms with E-state index in [1.54, 1.807) is 43.5 Å². The Morgan fingerprint density at radius 1 is 0.971 bits per heavy atom. The number of ether oxygens (including phenoxy) is 1. The molecule has 2 heterocycles. The third-order valence-electron chi connectivity index (χ3n) is 5.48. The van der Waals surface area contributed by atoms with E-state index in [0.717, 1.165) is 22.1 Å². The summed E-state index contributed by atoms with van der Waals surface area (Å²) in [6.45, 7) is 0. The minimum Gasteiger partial charge on any atom is -0.497 e. The molecular weight excluding hydrogens is 449 g/mol. The Kier molecular flexibility index (Phi) is 5.69. The van der Waals surface area contributed by atoms with E-state index in [1.165, 1.54) is 23.5 Å². The molecule has 0 aliphatic rings. The number of pyridine rings is 1. The van der Waals surface area contributed by atoms with Crippen molar-refractivity contribution < 1.29 is 13.9 Å². The summed E-state index contributed by atoms with van der Waals surface area (Å²) in [4.78, 5) is 18.9. The largest absolute Gasteiger partial charge is 0.497 e. The summed E-state index contributed by atoms with van der Waals surface area (Å²) in [7, 11) is 1.59. The maximum Gasteiger partial charge on any atom is 0.267 e. The zero-order valence-electron chi connectivity index (χ0n) is 18.2. The summed E-state index contributed by atoms with van der Waals surface area (Å²) in [5, 5.41) is 3.61. The second kappa shape index (κ2) is 8.96. The number of amides is 1. The zero-order valence-corrected chi connectivity index (χ0v) is 19.0. The lowest BCUT2D eigenvalue weighted by atomic mass is 9.99. The van der Waals surface area contributed by atoms with Crippen LogP contribution < -0.4 is 15.8 Å². The van der Waals surface area contributed by atoms with Crippen molar-refractivity contribution in [1.82, 2.24) is 4.98 Å². The lowest BCUT2D eigenvalue weighted by molar-refractivity contribution is 0.103. The van der Waals surface area contributed by atoms with Crippen LogP contribution in [0.3, 0.4) is 0 Å². The molecule has 0 saturated carbocycles. The normalized spacial score (nSPS) is 10.9. The predicted molar refractivity (Wildman–Crippen MR) is 136 cm³/mol. The molecule has 5 aromatic rings. The van der Waals surface area contributed by atoms with Gasteiger partial charge < -0.3 is 15.8 Å². The highest BCUT2D eigenvalue weighted by atomic mass is 32.1. The number of methoxy groups -OCH3 is 1. The Labute approximate surface area is 199 Å². The summed E-state index contributed by atoms with van der Waals surface area (Å²) >= 11 is 1.23. The molecule has 168 valence electrons. The van der Waals surface area contributed by atoms with Gasteiger partial charge in [-0.3, -0.25) is 4.79 Å². The first kappa shape index (κ1) is 21.6. The molecule has 3 N–H and O–H groups in total. The number of carbonyl (C=O) groups excluding carboxylic acids is 1. The number of nitrogens with two attached hydrogens (primary N) is 1. The molecule has 7 heteroatoms. The van der Waals surface area contributed by atoms with E-state index in [2.05, 4.69) is 5.32 Å². The molecule has 0 fully saturated rings. The van der Waals surface area contributed by atoms with Crippen molar-refractivity contribution in [3.63, 3.8) is 0 Å². The molecule has 5 nitrogen and oxygen atoms in total. The number of hydrogen-bond acceptors (Lipinski definition) is 5. The van der Waals surface area contributed by atoms with Crippen LogP contribution in [0.4, 0.5) is 15.8 Å². The number of nitrogens with zero attached hydrogens (tertiary/aromatic N) is 1. The lowest BCUT2D eigenvalue weighted by Crippen LogP contribution is -2.11. The van der Waals surface area contributed by atoms with Gasteiger partial charge in [-0.1, -0.05) is 30.3 Å². The minimum absolute atomic E-state index is 0.312. The first-order valence-electron chi connectivity index (χ1n) is 10.5. The summed E-state index contributed by atoms with van der Waals surface area (Å²) in [6.07, 6.45) is 0. The average molecular weight is 470 g/mol. The topological polar surface area (TPSA) is 77.2 Å². The van der Waals surface area contributed by atoms with Crippen LogP contribution in [-0.4, -0.2) is 18.0 Å². The molecule has 0 saturated heterocycles. The molecule has 3 aromatic carbocycles. The number of rotatable bonds is 5. The Bertz CT molecular complexity index is 1480. The van der Waals surface area contributed by atoms with Crippen molar-refractivity contribution in [3.8, 4) is 28.1 Å². The van der Waals surface area contributed by atoms with Crippen molar-refractivity contribution >= 4 is 38.8 Å². The van der Waals surface area contributed by atoms with E-state index >= 15 is 0 Å². The maximum absolute atomic E-state index is 13.5. The summed E-state index contributed by atoms with van der Waals surface area (Å²) in [5.41, 5.74) is 10.8. The van der Waals surface area contributed by atoms with Gasteiger partial charge in [-0.2, -0.15) is 0 Å². The number of thiophene rings is 1. The number of halogens is 1. The zero-order chi connectivity index (χ0) is 23.7. The average Bonchev–Trinajstić information content (AvgIpc) is 3.21. The Balaban J connectivity index is 1.62. The first-order valence-corrected chi connectivity index (χ1v) is 11.3. The fourth-order valence-electron chi connectivity index (χ4n) is 3.77. The van der Waals surface area contributed by atoms with Gasteiger partial charge in [0.2, 0.25) is 0 Å². The number of aromatic nitrogens is 1. The molecule has 0 spiro atoms. The molecule has 0 aliphatic carbocycles. The SMILES string of the molecule is COc1ccc(NC(=O)c2sc3nc(-c4ccc(F)cc4)cc(-c4ccccc4)c3c2N)cc1. The van der Waals surface area contributed by atoms with Crippen LogP contribution in [0.1, 0.15) is 9.67 Å². The van der Waals surface area contributed by atoms with Gasteiger partial charge >= 0.3 is 0 Å². The highest BCUT2D eigenvalue weighted by Gasteiger charge is 2.22. The van der Waals surface area contributed by atoms with Gasteiger partial charge in [-0.05, 0) is 65.7 Å². The van der Waals surface area contributed by atoms with E-state index in [9.17, 15) is 9.18 Å². The smallest absolute Gasteiger partial charge is 0.267 e. The minimum atomic E-state index is -0.314. The van der Waals surface area contributed by atoms with Crippen LogP contribution in [0.15, 0.2) is 84.9 Å². The van der Waals surface area contributed by atoms with Crippen molar-refractivity contribution in [2.75, 3.05) is 18.2 Å². The Morgan fingerprint density at radius 2 is 1.68 bits per heavy atom. The van der Waals surface area contributed by atoms with Gasteiger partial charge in [0.1, 0.15) is 21.3 Å². The Morgan fingerprint density at radius 3 is 2.35 bits per heavy atom. The van der Waals surface area contributed by atoms with Crippen LogP contribution in [-0.2, 0) is 0 Å². The van der Waals surface area contributed by atoms with Crippen LogP contribution in [0.5, 0.6) is 5.75 Å². The number of benzene rings is 3. The van der Waals surface area contributed by atoms with Crippen molar-refractivity contribution in [2.24, 2.45) is 0 Å². The molecular formula is C27H20FN3O2S. The highest BCUT2D eigenvalue weighted by Crippen LogP contribution is 2.41. The van der Waals surface area contributed by atoms with Crippen LogP contribution in [0.2, 0.25) is 0 Å². The number of nitrogens with one attached hydrogen (secondary N) is 1. The quantitative estimate of drug-likeness (QED) is 0.304. The van der Waals surface area contributed by atoms with Crippen LogP contribution >= 0.6 is 11.3 Å². The van der Waals surface area contributed by atoms with Gasteiger partial charge in [-0.25, -0.2) is 9.37 Å². The summed E-state index contributed by atoms with van der Waals surface area (Å²) < 4.78 is 18.6. The molecule has 0 atom stereocenters. The van der Waals surface area contributed by atoms with Crippen molar-refractivity contribution in [3.05, 3.63) is 95.6 Å². The predicted octanol–water partition coefficient (Wildman–Crippen LogP) is 6.61. The van der Waals surface area contributed by atoms with E-state index in [0.29, 0.717) is 32.5 Å². The molecule has 0 bridgehead atoms. The second-order valence-corrected chi connectivity index (χ2v) is 8.63. The van der Waals surface area contributed by atoms with Gasteiger partial charge in [0, 0.05) is 16.6 Å². The standard InChI is InChI=1S/C27H20FN3O2S/c1-33-20-13-11-19(12-14-20)30-26(32)25-24(29)23-21(16-5-3-2-4-6-16)15-22(31-27(23)34-25)17-7-9-18(28)10-8-17/h2-15H,29H2,1H3,(H,30,32). The lowest BCUT2D eigenvalue weighted by Gasteiger charge is -2.09. The molecule has 5 rings (SSSR count). The third kappa shape index (κ3) is 4.09. The third-order valence-corrected chi connectivity index (χ3v) is 6.58. The van der Waals surface area contributed by atoms with Gasteiger partial charge in [0.05, 0.1) is 18.5 Å². The van der Waals surface area contributed by atoms with Crippen LogP contribution in [0.25, 0.3) is 32.6 Å².